The molecule has 0 bridgehead atoms. The van der Waals surface area contributed by atoms with E-state index in [0.29, 0.717) is 16.3 Å². The Hall–Kier alpha value is -1.96. The summed E-state index contributed by atoms with van der Waals surface area (Å²) in [6, 6.07) is 10.7. The zero-order valence-corrected chi connectivity index (χ0v) is 16.9. The van der Waals surface area contributed by atoms with Gasteiger partial charge in [-0.3, -0.25) is 9.69 Å². The summed E-state index contributed by atoms with van der Waals surface area (Å²) < 4.78 is 38.9. The summed E-state index contributed by atoms with van der Waals surface area (Å²) in [5.74, 6) is -0.729. The van der Waals surface area contributed by atoms with Gasteiger partial charge in [0.1, 0.15) is 5.82 Å². The molecule has 2 heterocycles. The van der Waals surface area contributed by atoms with Crippen molar-refractivity contribution >= 4 is 33.0 Å². The van der Waals surface area contributed by atoms with Crippen molar-refractivity contribution in [1.29, 1.82) is 0 Å². The molecule has 5 nitrogen and oxygen atoms in total. The van der Waals surface area contributed by atoms with Gasteiger partial charge in [-0.2, -0.15) is 0 Å². The summed E-state index contributed by atoms with van der Waals surface area (Å²) in [5, 5.41) is 0.525. The molecule has 2 aromatic rings. The number of hydrogen-bond donors (Lipinski definition) is 0. The highest BCUT2D eigenvalue weighted by Gasteiger charge is 2.49. The molecular weight excluding hydrogens is 403 g/mol. The molecule has 8 heteroatoms. The maximum absolute atomic E-state index is 14.1. The van der Waals surface area contributed by atoms with Crippen molar-refractivity contribution in [1.82, 2.24) is 4.90 Å². The standard InChI is InChI=1S/C20H20ClFN2O3S/c1-13-6-7-15(8-16(13)21)24-19-12-28(26,27)11-18(19)23(10-20(24)25)9-14-4-2-3-5-17(14)22/h2-8,18-19H,9-12H2,1H3/t18-,19+/m0/s1. The molecule has 4 rings (SSSR count). The molecule has 0 unspecified atom stereocenters. The van der Waals surface area contributed by atoms with Crippen LogP contribution in [0, 0.1) is 12.7 Å². The minimum absolute atomic E-state index is 0.0243. The van der Waals surface area contributed by atoms with Crippen LogP contribution < -0.4 is 4.90 Å². The number of halogens is 2. The van der Waals surface area contributed by atoms with Crippen LogP contribution in [0.15, 0.2) is 42.5 Å². The van der Waals surface area contributed by atoms with Crippen molar-refractivity contribution in [2.45, 2.75) is 25.6 Å². The van der Waals surface area contributed by atoms with Gasteiger partial charge in [0, 0.05) is 28.9 Å². The molecule has 0 N–H and O–H groups in total. The molecule has 2 aliphatic heterocycles. The van der Waals surface area contributed by atoms with Crippen molar-refractivity contribution in [3.63, 3.8) is 0 Å². The maximum Gasteiger partial charge on any atom is 0.241 e. The molecule has 2 saturated heterocycles. The number of fused-ring (bicyclic) bond motifs is 1. The van der Waals surface area contributed by atoms with E-state index < -0.39 is 15.9 Å². The molecule has 0 aliphatic carbocycles. The Balaban J connectivity index is 1.69. The number of aryl methyl sites for hydroxylation is 1. The number of amides is 1. The number of anilines is 1. The number of carbonyl (C=O) groups is 1. The first-order valence-corrected chi connectivity index (χ1v) is 11.2. The molecule has 0 radical (unpaired) electrons. The highest BCUT2D eigenvalue weighted by molar-refractivity contribution is 7.91. The highest BCUT2D eigenvalue weighted by atomic mass is 35.5. The minimum Gasteiger partial charge on any atom is -0.306 e. The van der Waals surface area contributed by atoms with Gasteiger partial charge in [-0.05, 0) is 30.7 Å². The Kier molecular flexibility index (Phi) is 4.93. The molecule has 1 amide bonds. The van der Waals surface area contributed by atoms with Crippen LogP contribution in [0.4, 0.5) is 10.1 Å². The number of carbonyl (C=O) groups excluding carboxylic acids is 1. The largest absolute Gasteiger partial charge is 0.306 e. The fourth-order valence-corrected chi connectivity index (χ4v) is 6.20. The third kappa shape index (κ3) is 3.54. The van der Waals surface area contributed by atoms with Crippen molar-refractivity contribution in [3.05, 3.63) is 64.4 Å². The minimum atomic E-state index is -3.31. The lowest BCUT2D eigenvalue weighted by Crippen LogP contribution is -2.61. The van der Waals surface area contributed by atoms with Crippen LogP contribution in [0.2, 0.25) is 5.02 Å². The summed E-state index contributed by atoms with van der Waals surface area (Å²) in [7, 11) is -3.31. The normalized spacial score (nSPS) is 24.4. The van der Waals surface area contributed by atoms with Gasteiger partial charge in [0.2, 0.25) is 5.91 Å². The number of nitrogens with zero attached hydrogens (tertiary/aromatic N) is 2. The summed E-state index contributed by atoms with van der Waals surface area (Å²) in [5.41, 5.74) is 1.93. The lowest BCUT2D eigenvalue weighted by Gasteiger charge is -2.43. The van der Waals surface area contributed by atoms with E-state index in [0.717, 1.165) is 5.56 Å². The van der Waals surface area contributed by atoms with E-state index in [-0.39, 0.29) is 42.4 Å². The summed E-state index contributed by atoms with van der Waals surface area (Å²) in [6.45, 7) is 2.08. The smallest absolute Gasteiger partial charge is 0.241 e. The molecule has 2 fully saturated rings. The zero-order chi connectivity index (χ0) is 20.1. The summed E-state index contributed by atoms with van der Waals surface area (Å²) in [6.07, 6.45) is 0. The molecule has 2 aliphatic rings. The second-order valence-electron chi connectivity index (χ2n) is 7.41. The Morgan fingerprint density at radius 3 is 2.57 bits per heavy atom. The van der Waals surface area contributed by atoms with Gasteiger partial charge in [0.05, 0.1) is 24.1 Å². The topological polar surface area (TPSA) is 57.7 Å². The SMILES string of the molecule is Cc1ccc(N2C(=O)CN(Cc3ccccc3F)[C@H]3CS(=O)(=O)C[C@H]32)cc1Cl. The molecule has 2 atom stereocenters. The van der Waals surface area contributed by atoms with E-state index in [1.165, 1.54) is 6.07 Å². The van der Waals surface area contributed by atoms with Gasteiger partial charge in [-0.25, -0.2) is 12.8 Å². The van der Waals surface area contributed by atoms with Gasteiger partial charge in [-0.1, -0.05) is 35.9 Å². The quantitative estimate of drug-likeness (QED) is 0.763. The molecule has 0 aromatic heterocycles. The second-order valence-corrected chi connectivity index (χ2v) is 9.97. The van der Waals surface area contributed by atoms with Crippen molar-refractivity contribution < 1.29 is 17.6 Å². The van der Waals surface area contributed by atoms with Crippen LogP contribution in [-0.4, -0.2) is 49.4 Å². The average molecular weight is 423 g/mol. The van der Waals surface area contributed by atoms with Gasteiger partial charge >= 0.3 is 0 Å². The number of piperazine rings is 1. The van der Waals surface area contributed by atoms with E-state index in [9.17, 15) is 17.6 Å². The van der Waals surface area contributed by atoms with Crippen molar-refractivity contribution in [2.75, 3.05) is 23.0 Å². The first kappa shape index (κ1) is 19.4. The van der Waals surface area contributed by atoms with Crippen molar-refractivity contribution in [3.8, 4) is 0 Å². The Morgan fingerprint density at radius 1 is 1.14 bits per heavy atom. The van der Waals surface area contributed by atoms with Crippen LogP contribution in [0.5, 0.6) is 0 Å². The van der Waals surface area contributed by atoms with Gasteiger partial charge in [-0.15, -0.1) is 0 Å². The zero-order valence-electron chi connectivity index (χ0n) is 15.3. The Bertz CT molecular complexity index is 1040. The summed E-state index contributed by atoms with van der Waals surface area (Å²) >= 11 is 6.22. The van der Waals surface area contributed by atoms with E-state index in [2.05, 4.69) is 0 Å². The van der Waals surface area contributed by atoms with E-state index >= 15 is 0 Å². The number of hydrogen-bond acceptors (Lipinski definition) is 4. The molecule has 0 spiro atoms. The van der Waals surface area contributed by atoms with Crippen LogP contribution >= 0.6 is 11.6 Å². The average Bonchev–Trinajstić information content (AvgIpc) is 2.95. The van der Waals surface area contributed by atoms with Crippen LogP contribution in [0.3, 0.4) is 0 Å². The fourth-order valence-electron chi connectivity index (χ4n) is 4.04. The number of rotatable bonds is 3. The van der Waals surface area contributed by atoms with E-state index in [4.69, 9.17) is 11.6 Å². The van der Waals surface area contributed by atoms with Crippen LogP contribution in [0.1, 0.15) is 11.1 Å². The summed E-state index contributed by atoms with van der Waals surface area (Å²) in [4.78, 5) is 16.3. The Morgan fingerprint density at radius 2 is 1.86 bits per heavy atom. The predicted molar refractivity (Wildman–Crippen MR) is 107 cm³/mol. The number of sulfone groups is 1. The van der Waals surface area contributed by atoms with Crippen LogP contribution in [0.25, 0.3) is 0 Å². The third-order valence-corrected chi connectivity index (χ3v) is 7.57. The van der Waals surface area contributed by atoms with Gasteiger partial charge in [0.25, 0.3) is 0 Å². The fraction of sp³-hybridized carbons (Fsp3) is 0.350. The predicted octanol–water partition coefficient (Wildman–Crippen LogP) is 2.80. The lowest BCUT2D eigenvalue weighted by molar-refractivity contribution is -0.123. The third-order valence-electron chi connectivity index (χ3n) is 5.47. The molecular formula is C20H20ClFN2O3S. The Labute approximate surface area is 168 Å². The molecule has 148 valence electrons. The number of benzene rings is 2. The van der Waals surface area contributed by atoms with Gasteiger partial charge in [0.15, 0.2) is 9.84 Å². The lowest BCUT2D eigenvalue weighted by atomic mass is 10.0. The van der Waals surface area contributed by atoms with Gasteiger partial charge < -0.3 is 4.90 Å². The van der Waals surface area contributed by atoms with Crippen LogP contribution in [-0.2, 0) is 21.2 Å². The van der Waals surface area contributed by atoms with Crippen molar-refractivity contribution in [2.24, 2.45) is 0 Å². The van der Waals surface area contributed by atoms with E-state index in [1.807, 2.05) is 13.0 Å². The first-order valence-electron chi connectivity index (χ1n) is 9.01. The molecule has 0 saturated carbocycles. The highest BCUT2D eigenvalue weighted by Crippen LogP contribution is 2.34. The van der Waals surface area contributed by atoms with E-state index in [1.54, 1.807) is 40.1 Å². The maximum atomic E-state index is 14.1. The molecule has 2 aromatic carbocycles. The monoisotopic (exact) mass is 422 g/mol. The first-order chi connectivity index (χ1) is 13.2. The second kappa shape index (κ2) is 7.13. The molecule has 28 heavy (non-hydrogen) atoms.